The van der Waals surface area contributed by atoms with Gasteiger partial charge >= 0.3 is 19.8 Å². The summed E-state index contributed by atoms with van der Waals surface area (Å²) in [7, 11) is 1.38. The summed E-state index contributed by atoms with van der Waals surface area (Å²) in [6, 6.07) is 0. The summed E-state index contributed by atoms with van der Waals surface area (Å²) in [5, 5.41) is 9.48. The number of aliphatic hydroxyl groups is 1. The van der Waals surface area contributed by atoms with E-state index in [4.69, 9.17) is 18.5 Å². The number of ether oxygens (including phenoxy) is 2. The van der Waals surface area contributed by atoms with Crippen molar-refractivity contribution in [2.75, 3.05) is 47.5 Å². The average molecular weight is 845 g/mol. The molecule has 0 aliphatic heterocycles. The van der Waals surface area contributed by atoms with Gasteiger partial charge in [0.05, 0.1) is 33.9 Å². The van der Waals surface area contributed by atoms with E-state index in [1.54, 1.807) is 6.08 Å². The van der Waals surface area contributed by atoms with Crippen molar-refractivity contribution in [1.29, 1.82) is 0 Å². The number of quaternary nitrogens is 1. The van der Waals surface area contributed by atoms with Crippen LogP contribution in [0.4, 0.5) is 0 Å². The van der Waals surface area contributed by atoms with Gasteiger partial charge in [0.2, 0.25) is 0 Å². The number of allylic oxidation sites excluding steroid dienone is 17. The molecule has 0 spiro atoms. The average Bonchev–Trinajstić information content (AvgIpc) is 3.19. The van der Waals surface area contributed by atoms with Gasteiger partial charge in [-0.3, -0.25) is 18.6 Å². The van der Waals surface area contributed by atoms with Gasteiger partial charge < -0.3 is 24.0 Å². The van der Waals surface area contributed by atoms with Crippen molar-refractivity contribution >= 4 is 19.8 Å². The minimum absolute atomic E-state index is 0.00335. The smallest absolute Gasteiger partial charge is 0.462 e. The Morgan fingerprint density at radius 3 is 1.68 bits per heavy atom. The van der Waals surface area contributed by atoms with E-state index in [0.29, 0.717) is 36.7 Å². The van der Waals surface area contributed by atoms with Crippen molar-refractivity contribution in [2.24, 2.45) is 0 Å². The van der Waals surface area contributed by atoms with Crippen molar-refractivity contribution in [3.8, 4) is 0 Å². The first-order valence-corrected chi connectivity index (χ1v) is 23.2. The minimum Gasteiger partial charge on any atom is -0.462 e. The first-order valence-electron chi connectivity index (χ1n) is 21.7. The van der Waals surface area contributed by atoms with Crippen LogP contribution in [0, 0.1) is 0 Å². The van der Waals surface area contributed by atoms with Gasteiger partial charge in [0.15, 0.2) is 6.10 Å². The molecular weight excluding hydrogens is 765 g/mol. The molecule has 59 heavy (non-hydrogen) atoms. The minimum atomic E-state index is -4.41. The van der Waals surface area contributed by atoms with Crippen LogP contribution in [0.15, 0.2) is 109 Å². The van der Waals surface area contributed by atoms with Crippen LogP contribution >= 0.6 is 7.82 Å². The summed E-state index contributed by atoms with van der Waals surface area (Å²) in [5.74, 6) is -0.928. The number of phosphoric ester groups is 1. The molecule has 0 saturated heterocycles. The van der Waals surface area contributed by atoms with E-state index >= 15 is 0 Å². The summed E-state index contributed by atoms with van der Waals surface area (Å²) < 4.78 is 34.2. The zero-order chi connectivity index (χ0) is 43.7. The number of esters is 2. The maximum Gasteiger partial charge on any atom is 0.472 e. The second-order valence-corrected chi connectivity index (χ2v) is 16.6. The van der Waals surface area contributed by atoms with Crippen LogP contribution in [0.3, 0.4) is 0 Å². The molecule has 0 fully saturated rings. The zero-order valence-electron chi connectivity index (χ0n) is 37.0. The Balaban J connectivity index is 4.56. The Morgan fingerprint density at radius 2 is 1.12 bits per heavy atom. The van der Waals surface area contributed by atoms with Crippen molar-refractivity contribution in [2.45, 2.75) is 135 Å². The Kier molecular flexibility index (Phi) is 36.6. The molecule has 3 atom stereocenters. The quantitative estimate of drug-likeness (QED) is 0.0157. The van der Waals surface area contributed by atoms with Crippen LogP contribution in [-0.2, 0) is 32.7 Å². The van der Waals surface area contributed by atoms with Crippen molar-refractivity contribution < 1.29 is 47.2 Å². The molecule has 0 aliphatic carbocycles. The van der Waals surface area contributed by atoms with Gasteiger partial charge in [-0.2, -0.15) is 0 Å². The fourth-order valence-electron chi connectivity index (χ4n) is 4.93. The first kappa shape index (κ1) is 55.6. The number of likely N-dealkylation sites (N-methyl/N-ethyl adjacent to an activating group) is 1. The highest BCUT2D eigenvalue weighted by Crippen LogP contribution is 2.43. The van der Waals surface area contributed by atoms with E-state index in [1.165, 1.54) is 0 Å². The monoisotopic (exact) mass is 845 g/mol. The highest BCUT2D eigenvalue weighted by atomic mass is 31.2. The third-order valence-corrected chi connectivity index (χ3v) is 9.44. The molecule has 0 aromatic carbocycles. The van der Waals surface area contributed by atoms with Crippen molar-refractivity contribution in [3.63, 3.8) is 0 Å². The summed E-state index contributed by atoms with van der Waals surface area (Å²) >= 11 is 0. The second kappa shape index (κ2) is 38.8. The maximum atomic E-state index is 12.7. The van der Waals surface area contributed by atoms with E-state index in [-0.39, 0.29) is 32.2 Å². The Hall–Kier alpha value is -3.37. The number of rotatable bonds is 37. The van der Waals surface area contributed by atoms with Crippen LogP contribution in [0.25, 0.3) is 0 Å². The molecule has 0 aromatic heterocycles. The topological polar surface area (TPSA) is 129 Å². The van der Waals surface area contributed by atoms with Gasteiger partial charge in [0.25, 0.3) is 0 Å². The molecule has 0 rings (SSSR count). The molecule has 0 aromatic rings. The molecule has 0 aliphatic rings. The van der Waals surface area contributed by atoms with Crippen molar-refractivity contribution in [1.82, 2.24) is 0 Å². The maximum absolute atomic E-state index is 12.7. The summed E-state index contributed by atoms with van der Waals surface area (Å²) in [6.45, 7) is 3.83. The van der Waals surface area contributed by atoms with Gasteiger partial charge in [0.1, 0.15) is 19.8 Å². The predicted octanol–water partition coefficient (Wildman–Crippen LogP) is 11.3. The lowest BCUT2D eigenvalue weighted by molar-refractivity contribution is -0.870. The lowest BCUT2D eigenvalue weighted by Gasteiger charge is -2.24. The fourth-order valence-corrected chi connectivity index (χ4v) is 5.67. The van der Waals surface area contributed by atoms with E-state index in [0.717, 1.165) is 70.6 Å². The van der Waals surface area contributed by atoms with Gasteiger partial charge in [-0.15, -0.1) is 0 Å². The second-order valence-electron chi connectivity index (χ2n) is 15.2. The number of hydrogen-bond donors (Lipinski definition) is 2. The lowest BCUT2D eigenvalue weighted by atomic mass is 10.1. The van der Waals surface area contributed by atoms with Crippen LogP contribution in [0.1, 0.15) is 123 Å². The molecule has 334 valence electrons. The summed E-state index contributed by atoms with van der Waals surface area (Å²) in [4.78, 5) is 35.3. The van der Waals surface area contributed by atoms with Crippen LogP contribution in [-0.4, -0.2) is 86.1 Å². The van der Waals surface area contributed by atoms with E-state index in [2.05, 4.69) is 79.8 Å². The van der Waals surface area contributed by atoms with E-state index in [9.17, 15) is 24.2 Å². The molecular formula is C48H79NO9P+. The van der Waals surface area contributed by atoms with Crippen molar-refractivity contribution in [3.05, 3.63) is 109 Å². The third-order valence-electron chi connectivity index (χ3n) is 8.46. The highest BCUT2D eigenvalue weighted by Gasteiger charge is 2.27. The molecule has 1 unspecified atom stereocenters. The standard InChI is InChI=1S/C48H78NO9P/c1-6-8-9-10-11-12-13-14-15-16-17-21-24-27-30-33-36-39-47(51)55-43-46(44-57-59(53,54)56-42-41-49(3,4)5)58-48(52)40-37-34-31-28-25-22-19-18-20-23-26-29-32-35-38-45(50)7-2/h8-9,11-12,14-15,17,19-23,28-29,31-32,35,38,45-46,50H,6-7,10,13,16,18,24-27,30,33-34,36-37,39-44H2,1-5H3/p+1/b9-8-,12-11-,15-14-,21-17-,22-19-,23-20-,31-28-,32-29-,38-35+/t45-,46-/m1/s1. The zero-order valence-corrected chi connectivity index (χ0v) is 37.9. The Bertz CT molecular complexity index is 1380. The van der Waals surface area contributed by atoms with Gasteiger partial charge in [0, 0.05) is 12.8 Å². The van der Waals surface area contributed by atoms with Gasteiger partial charge in [-0.25, -0.2) is 4.57 Å². The summed E-state index contributed by atoms with van der Waals surface area (Å²) in [5.41, 5.74) is 0. The Morgan fingerprint density at radius 1 is 0.610 bits per heavy atom. The molecule has 0 bridgehead atoms. The molecule has 0 radical (unpaired) electrons. The van der Waals surface area contributed by atoms with Gasteiger partial charge in [-0.05, 0) is 83.5 Å². The van der Waals surface area contributed by atoms with Crippen LogP contribution in [0.5, 0.6) is 0 Å². The van der Waals surface area contributed by atoms with E-state index < -0.39 is 32.5 Å². The molecule has 10 nitrogen and oxygen atoms in total. The predicted molar refractivity (Wildman–Crippen MR) is 244 cm³/mol. The summed E-state index contributed by atoms with van der Waals surface area (Å²) in [6.07, 6.45) is 49.5. The first-order chi connectivity index (χ1) is 28.4. The highest BCUT2D eigenvalue weighted by molar-refractivity contribution is 7.47. The number of unbranched alkanes of at least 4 members (excludes halogenated alkanes) is 5. The largest absolute Gasteiger partial charge is 0.472 e. The SMILES string of the molecule is CC/C=C\C/C=C\C/C=C\C/C=C\CCCCCCC(=O)OC[C@H](COP(=O)(O)OCC[N+](C)(C)C)OC(=O)CCC/C=C\C/C=C\C/C=C\C/C=C\C=C\[C@H](O)CC. The molecule has 0 saturated carbocycles. The number of phosphoric acid groups is 1. The van der Waals surface area contributed by atoms with Crippen LogP contribution in [0.2, 0.25) is 0 Å². The number of carbonyl (C=O) groups is 2. The number of hydrogen-bond acceptors (Lipinski definition) is 8. The molecule has 2 N–H and O–H groups in total. The third kappa shape index (κ3) is 42.6. The fraction of sp³-hybridized carbons (Fsp3) is 0.583. The number of aliphatic hydroxyl groups excluding tert-OH is 1. The van der Waals surface area contributed by atoms with Gasteiger partial charge in [-0.1, -0.05) is 136 Å². The Labute approximate surface area is 358 Å². The number of nitrogens with zero attached hydrogens (tertiary/aromatic N) is 1. The van der Waals surface area contributed by atoms with E-state index in [1.807, 2.05) is 58.4 Å². The molecule has 0 amide bonds. The normalized spacial score (nSPS) is 15.2. The van der Waals surface area contributed by atoms with Crippen LogP contribution < -0.4 is 0 Å². The molecule has 0 heterocycles. The molecule has 11 heteroatoms. The number of carbonyl (C=O) groups excluding carboxylic acids is 2. The lowest BCUT2D eigenvalue weighted by Crippen LogP contribution is -2.37.